The largest absolute Gasteiger partial charge is 0.462 e. The van der Waals surface area contributed by atoms with E-state index in [4.69, 9.17) is 14.2 Å². The van der Waals surface area contributed by atoms with Crippen molar-refractivity contribution in [2.24, 2.45) is 0 Å². The lowest BCUT2D eigenvalue weighted by atomic mass is 10.1. The molecule has 0 amide bonds. The van der Waals surface area contributed by atoms with E-state index in [0.29, 0.717) is 19.3 Å². The van der Waals surface area contributed by atoms with Crippen molar-refractivity contribution in [1.82, 2.24) is 0 Å². The van der Waals surface area contributed by atoms with E-state index in [1.165, 1.54) is 109 Å². The molecule has 1 unspecified atom stereocenters. The van der Waals surface area contributed by atoms with Gasteiger partial charge in [0.25, 0.3) is 0 Å². The summed E-state index contributed by atoms with van der Waals surface area (Å²) >= 11 is 0. The lowest BCUT2D eigenvalue weighted by Gasteiger charge is -2.18. The fourth-order valence-electron chi connectivity index (χ4n) is 7.64. The van der Waals surface area contributed by atoms with E-state index in [0.717, 1.165) is 103 Å². The van der Waals surface area contributed by atoms with Crippen LogP contribution in [-0.4, -0.2) is 37.2 Å². The molecule has 0 aromatic heterocycles. The number of hydrogen-bond acceptors (Lipinski definition) is 6. The molecule has 0 rings (SSSR count). The average molecular weight is 972 g/mol. The van der Waals surface area contributed by atoms with E-state index in [9.17, 15) is 14.4 Å². The monoisotopic (exact) mass is 971 g/mol. The van der Waals surface area contributed by atoms with Crippen LogP contribution in [0.2, 0.25) is 0 Å². The molecule has 70 heavy (non-hydrogen) atoms. The van der Waals surface area contributed by atoms with Crippen LogP contribution < -0.4 is 0 Å². The Morgan fingerprint density at radius 3 is 0.986 bits per heavy atom. The van der Waals surface area contributed by atoms with Gasteiger partial charge >= 0.3 is 17.9 Å². The Labute approximate surface area is 431 Å². The summed E-state index contributed by atoms with van der Waals surface area (Å²) in [5.41, 5.74) is 0. The normalized spacial score (nSPS) is 12.9. The number of rotatable bonds is 51. The van der Waals surface area contributed by atoms with Crippen LogP contribution in [0.5, 0.6) is 0 Å². The van der Waals surface area contributed by atoms with Crippen molar-refractivity contribution in [3.8, 4) is 0 Å². The number of esters is 3. The minimum Gasteiger partial charge on any atom is -0.462 e. The Kier molecular flexibility index (Phi) is 54.4. The van der Waals surface area contributed by atoms with Crippen LogP contribution in [0.25, 0.3) is 0 Å². The number of carbonyl (C=O) groups excluding carboxylic acids is 3. The van der Waals surface area contributed by atoms with Crippen molar-refractivity contribution in [1.29, 1.82) is 0 Å². The highest BCUT2D eigenvalue weighted by molar-refractivity contribution is 5.71. The van der Waals surface area contributed by atoms with Crippen LogP contribution in [0.4, 0.5) is 0 Å². The van der Waals surface area contributed by atoms with Gasteiger partial charge in [0, 0.05) is 19.3 Å². The highest BCUT2D eigenvalue weighted by Gasteiger charge is 2.19. The average Bonchev–Trinajstić information content (AvgIpc) is 3.36. The van der Waals surface area contributed by atoms with Crippen LogP contribution >= 0.6 is 0 Å². The molecule has 0 aliphatic heterocycles. The zero-order valence-corrected chi connectivity index (χ0v) is 45.5. The maximum Gasteiger partial charge on any atom is 0.306 e. The first-order valence-electron chi connectivity index (χ1n) is 28.9. The number of allylic oxidation sites excluding steroid dienone is 18. The molecule has 0 aromatic carbocycles. The maximum atomic E-state index is 12.8. The summed E-state index contributed by atoms with van der Waals surface area (Å²) in [7, 11) is 0. The van der Waals surface area contributed by atoms with Crippen LogP contribution in [0.15, 0.2) is 109 Å². The molecule has 1 atom stereocenters. The summed E-state index contributed by atoms with van der Waals surface area (Å²) < 4.78 is 16.8. The van der Waals surface area contributed by atoms with Gasteiger partial charge in [0.15, 0.2) is 6.10 Å². The molecule has 0 saturated heterocycles. The van der Waals surface area contributed by atoms with E-state index >= 15 is 0 Å². The van der Waals surface area contributed by atoms with Crippen LogP contribution in [0, 0.1) is 0 Å². The van der Waals surface area contributed by atoms with Gasteiger partial charge in [-0.2, -0.15) is 0 Å². The topological polar surface area (TPSA) is 78.9 Å². The quantitative estimate of drug-likeness (QED) is 0.0262. The van der Waals surface area contributed by atoms with Gasteiger partial charge in [-0.05, 0) is 116 Å². The van der Waals surface area contributed by atoms with Crippen molar-refractivity contribution < 1.29 is 28.6 Å². The maximum absolute atomic E-state index is 12.8. The molecular weight excluding hydrogens is 865 g/mol. The molecule has 0 fully saturated rings. The smallest absolute Gasteiger partial charge is 0.306 e. The summed E-state index contributed by atoms with van der Waals surface area (Å²) in [6.45, 7) is 6.43. The molecule has 0 aromatic rings. The van der Waals surface area contributed by atoms with Crippen molar-refractivity contribution >= 4 is 17.9 Å². The summed E-state index contributed by atoms with van der Waals surface area (Å²) in [6.07, 6.45) is 78.0. The third-order valence-corrected chi connectivity index (χ3v) is 12.0. The summed E-state index contributed by atoms with van der Waals surface area (Å²) in [5, 5.41) is 0. The lowest BCUT2D eigenvalue weighted by Crippen LogP contribution is -2.30. The van der Waals surface area contributed by atoms with E-state index in [2.05, 4.69) is 130 Å². The molecule has 398 valence electrons. The molecular formula is C64H106O6. The molecule has 0 bridgehead atoms. The van der Waals surface area contributed by atoms with E-state index in [1.54, 1.807) is 0 Å². The second kappa shape index (κ2) is 57.6. The van der Waals surface area contributed by atoms with Crippen molar-refractivity contribution in [2.75, 3.05) is 13.2 Å². The van der Waals surface area contributed by atoms with Gasteiger partial charge in [-0.1, -0.05) is 233 Å². The molecule has 0 heterocycles. The molecule has 0 aliphatic rings. The van der Waals surface area contributed by atoms with Crippen LogP contribution in [-0.2, 0) is 28.6 Å². The first-order chi connectivity index (χ1) is 34.5. The molecule has 6 heteroatoms. The van der Waals surface area contributed by atoms with Gasteiger partial charge in [-0.3, -0.25) is 14.4 Å². The number of carbonyl (C=O) groups is 3. The minimum atomic E-state index is -0.809. The van der Waals surface area contributed by atoms with Crippen LogP contribution in [0.3, 0.4) is 0 Å². The predicted molar refractivity (Wildman–Crippen MR) is 302 cm³/mol. The molecule has 0 spiro atoms. The fourth-order valence-corrected chi connectivity index (χ4v) is 7.64. The second-order valence-corrected chi connectivity index (χ2v) is 18.8. The zero-order valence-electron chi connectivity index (χ0n) is 45.5. The van der Waals surface area contributed by atoms with E-state index in [1.807, 2.05) is 0 Å². The third kappa shape index (κ3) is 55.0. The number of ether oxygens (including phenoxy) is 3. The zero-order chi connectivity index (χ0) is 50.7. The first kappa shape index (κ1) is 66.1. The van der Waals surface area contributed by atoms with Gasteiger partial charge in [-0.25, -0.2) is 0 Å². The Morgan fingerprint density at radius 1 is 0.300 bits per heavy atom. The molecule has 0 N–H and O–H groups in total. The predicted octanol–water partition coefficient (Wildman–Crippen LogP) is 19.5. The van der Waals surface area contributed by atoms with Gasteiger partial charge in [0.2, 0.25) is 0 Å². The van der Waals surface area contributed by atoms with Gasteiger partial charge in [-0.15, -0.1) is 0 Å². The molecule has 6 nitrogen and oxygen atoms in total. The van der Waals surface area contributed by atoms with E-state index in [-0.39, 0.29) is 37.5 Å². The lowest BCUT2D eigenvalue weighted by molar-refractivity contribution is -0.167. The highest BCUT2D eigenvalue weighted by atomic mass is 16.6. The van der Waals surface area contributed by atoms with E-state index < -0.39 is 6.10 Å². The Balaban J connectivity index is 4.45. The first-order valence-corrected chi connectivity index (χ1v) is 28.9. The van der Waals surface area contributed by atoms with Gasteiger partial charge in [0.1, 0.15) is 13.2 Å². The summed E-state index contributed by atoms with van der Waals surface area (Å²) in [4.78, 5) is 38.1. The third-order valence-electron chi connectivity index (χ3n) is 12.0. The van der Waals surface area contributed by atoms with Crippen molar-refractivity contribution in [3.63, 3.8) is 0 Å². The second-order valence-electron chi connectivity index (χ2n) is 18.8. The van der Waals surface area contributed by atoms with Crippen LogP contribution in [0.1, 0.15) is 258 Å². The van der Waals surface area contributed by atoms with Crippen molar-refractivity contribution in [3.05, 3.63) is 109 Å². The SMILES string of the molecule is CC/C=C\C/C=C\C/C=C\C/C=C\C/C=C\C/C=C\C/C=C\CCCC(=O)OCC(COC(=O)CCCCCCC/C=C\CCCC)OC(=O)CCCCCCCCC/C=C\CCCCCCCCC. The summed E-state index contributed by atoms with van der Waals surface area (Å²) in [5.74, 6) is -0.979. The fraction of sp³-hybridized carbons (Fsp3) is 0.672. The molecule has 0 radical (unpaired) electrons. The van der Waals surface area contributed by atoms with Gasteiger partial charge in [0.05, 0.1) is 0 Å². The highest BCUT2D eigenvalue weighted by Crippen LogP contribution is 2.14. The van der Waals surface area contributed by atoms with Gasteiger partial charge < -0.3 is 14.2 Å². The minimum absolute atomic E-state index is 0.103. The van der Waals surface area contributed by atoms with Crippen molar-refractivity contribution in [2.45, 2.75) is 264 Å². The Morgan fingerprint density at radius 2 is 0.586 bits per heavy atom. The molecule has 0 saturated carbocycles. The standard InChI is InChI=1S/C64H106O6/c1-4-7-10-13-16-19-22-24-26-28-30-31-32-33-34-36-37-39-42-45-48-51-54-57-63(66)69-60-61(59-68-62(65)56-53-50-47-44-41-21-18-15-12-9-6-3)70-64(67)58-55-52-49-46-43-40-38-35-29-27-25-23-20-17-14-11-8-5-2/h7,10,15-16,18-19,24,26-27,29-31,33-34,37,39,45,48,61H,4-6,8-9,11-14,17,20-23,25,28,32,35-36,38,40-44,46-47,49-60H2,1-3H3/b10-7-,18-15-,19-16-,26-24-,29-27-,31-30-,34-33-,39-37-,48-45-. The molecule has 0 aliphatic carbocycles. The number of unbranched alkanes of at least 4 members (excludes halogenated alkanes) is 22. The Hall–Kier alpha value is -3.93. The summed E-state index contributed by atoms with van der Waals surface area (Å²) in [6, 6.07) is 0. The Bertz CT molecular complexity index is 1440. The number of hydrogen-bond donors (Lipinski definition) is 0.